The molecule has 0 atom stereocenters. The summed E-state index contributed by atoms with van der Waals surface area (Å²) in [7, 11) is -4.24. The van der Waals surface area contributed by atoms with Crippen LogP contribution in [0.25, 0.3) is 0 Å². The number of hydrogen-bond acceptors (Lipinski definition) is 3. The third-order valence-corrected chi connectivity index (χ3v) is 3.59. The maximum absolute atomic E-state index is 12.6. The second kappa shape index (κ2) is 4.11. The summed E-state index contributed by atoms with van der Waals surface area (Å²) in [6.45, 7) is 1.52. The average Bonchev–Trinajstić information content (AvgIpc) is 2.06. The van der Waals surface area contributed by atoms with E-state index in [9.17, 15) is 17.2 Å². The Morgan fingerprint density at radius 2 is 2.07 bits per heavy atom. The highest BCUT2D eigenvalue weighted by molar-refractivity contribution is 9.10. The van der Waals surface area contributed by atoms with Gasteiger partial charge in [-0.2, -0.15) is 0 Å². The molecule has 1 aromatic heterocycles. The molecule has 0 aliphatic rings. The zero-order chi connectivity index (χ0) is 11.8. The van der Waals surface area contributed by atoms with Crippen LogP contribution in [0.2, 0.25) is 0 Å². The Labute approximate surface area is 93.7 Å². The number of alkyl halides is 2. The topological polar surface area (TPSA) is 73.0 Å². The zero-order valence-electron chi connectivity index (χ0n) is 7.54. The fourth-order valence-corrected chi connectivity index (χ4v) is 2.30. The lowest BCUT2D eigenvalue weighted by Crippen LogP contribution is -2.17. The fourth-order valence-electron chi connectivity index (χ4n) is 1.00. The van der Waals surface area contributed by atoms with Crippen LogP contribution in [0.3, 0.4) is 0 Å². The standard InChI is InChI=1S/C7H7BrF2N2O2S/c1-3-2-12-7(15(11,13)14)4(5(3)8)6(9)10/h2,6H,1H3,(H2,11,13,14). The maximum atomic E-state index is 12.6. The summed E-state index contributed by atoms with van der Waals surface area (Å²) in [5.74, 6) is 0. The van der Waals surface area contributed by atoms with E-state index in [0.29, 0.717) is 5.56 Å². The van der Waals surface area contributed by atoms with Gasteiger partial charge in [0.1, 0.15) is 0 Å². The van der Waals surface area contributed by atoms with Crippen molar-refractivity contribution < 1.29 is 17.2 Å². The van der Waals surface area contributed by atoms with E-state index in [-0.39, 0.29) is 4.47 Å². The monoisotopic (exact) mass is 300 g/mol. The SMILES string of the molecule is Cc1cnc(S(N)(=O)=O)c(C(F)F)c1Br. The van der Waals surface area contributed by atoms with Crippen molar-refractivity contribution in [2.24, 2.45) is 5.14 Å². The first-order chi connectivity index (χ1) is 6.75. The predicted molar refractivity (Wildman–Crippen MR) is 53.0 cm³/mol. The molecule has 0 saturated heterocycles. The Morgan fingerprint density at radius 1 is 1.53 bits per heavy atom. The van der Waals surface area contributed by atoms with E-state index < -0.39 is 27.0 Å². The molecule has 0 unspecified atom stereocenters. The molecule has 0 saturated carbocycles. The molecule has 15 heavy (non-hydrogen) atoms. The van der Waals surface area contributed by atoms with Gasteiger partial charge in [0.25, 0.3) is 16.4 Å². The molecule has 84 valence electrons. The molecule has 2 N–H and O–H groups in total. The van der Waals surface area contributed by atoms with E-state index >= 15 is 0 Å². The van der Waals surface area contributed by atoms with Crippen LogP contribution in [0.5, 0.6) is 0 Å². The van der Waals surface area contributed by atoms with Gasteiger partial charge in [0.15, 0.2) is 5.03 Å². The van der Waals surface area contributed by atoms with Crippen LogP contribution in [0, 0.1) is 6.92 Å². The largest absolute Gasteiger partial charge is 0.267 e. The summed E-state index contributed by atoms with van der Waals surface area (Å²) < 4.78 is 47.2. The lowest BCUT2D eigenvalue weighted by molar-refractivity contribution is 0.146. The van der Waals surface area contributed by atoms with Gasteiger partial charge >= 0.3 is 0 Å². The number of aryl methyl sites for hydroxylation is 1. The average molecular weight is 301 g/mol. The number of halogens is 3. The van der Waals surface area contributed by atoms with Gasteiger partial charge in [-0.1, -0.05) is 0 Å². The van der Waals surface area contributed by atoms with E-state index in [1.54, 1.807) is 0 Å². The van der Waals surface area contributed by atoms with E-state index in [0.717, 1.165) is 6.20 Å². The predicted octanol–water partition coefficient (Wildman–Crippen LogP) is 1.74. The molecule has 0 amide bonds. The first-order valence-corrected chi connectivity index (χ1v) is 6.05. The Morgan fingerprint density at radius 3 is 2.47 bits per heavy atom. The van der Waals surface area contributed by atoms with Crippen molar-refractivity contribution in [2.75, 3.05) is 0 Å². The molecule has 1 heterocycles. The van der Waals surface area contributed by atoms with Crippen LogP contribution in [-0.4, -0.2) is 13.4 Å². The van der Waals surface area contributed by atoms with Crippen molar-refractivity contribution >= 4 is 26.0 Å². The van der Waals surface area contributed by atoms with Crippen LogP contribution < -0.4 is 5.14 Å². The van der Waals surface area contributed by atoms with Gasteiger partial charge in [0.05, 0.1) is 5.56 Å². The van der Waals surface area contributed by atoms with Crippen molar-refractivity contribution in [3.8, 4) is 0 Å². The fraction of sp³-hybridized carbons (Fsp3) is 0.286. The summed E-state index contributed by atoms with van der Waals surface area (Å²) in [4.78, 5) is 3.41. The quantitative estimate of drug-likeness (QED) is 0.904. The normalized spacial score (nSPS) is 12.1. The minimum Gasteiger partial charge on any atom is -0.243 e. The van der Waals surface area contributed by atoms with Crippen LogP contribution >= 0.6 is 15.9 Å². The lowest BCUT2D eigenvalue weighted by atomic mass is 10.2. The Hall–Kier alpha value is -0.600. The van der Waals surface area contributed by atoms with Crippen LogP contribution in [0.1, 0.15) is 17.6 Å². The number of primary sulfonamides is 1. The van der Waals surface area contributed by atoms with Gasteiger partial charge in [0.2, 0.25) is 0 Å². The zero-order valence-corrected chi connectivity index (χ0v) is 9.94. The molecule has 1 aromatic rings. The van der Waals surface area contributed by atoms with Crippen LogP contribution in [0.4, 0.5) is 8.78 Å². The summed E-state index contributed by atoms with van der Waals surface area (Å²) in [5.41, 5.74) is -0.282. The number of nitrogens with two attached hydrogens (primary N) is 1. The van der Waals surface area contributed by atoms with Gasteiger partial charge in [-0.3, -0.25) is 0 Å². The highest BCUT2D eigenvalue weighted by Crippen LogP contribution is 2.33. The molecule has 0 fully saturated rings. The van der Waals surface area contributed by atoms with Crippen molar-refractivity contribution in [1.82, 2.24) is 4.98 Å². The van der Waals surface area contributed by atoms with E-state index in [1.165, 1.54) is 6.92 Å². The number of pyridine rings is 1. The summed E-state index contributed by atoms with van der Waals surface area (Å²) in [6, 6.07) is 0. The molecular formula is C7H7BrF2N2O2S. The van der Waals surface area contributed by atoms with Crippen LogP contribution in [-0.2, 0) is 10.0 Å². The van der Waals surface area contributed by atoms with Crippen molar-refractivity contribution in [1.29, 1.82) is 0 Å². The second-order valence-corrected chi connectivity index (χ2v) is 5.09. The van der Waals surface area contributed by atoms with Gasteiger partial charge in [0, 0.05) is 10.7 Å². The lowest BCUT2D eigenvalue weighted by Gasteiger charge is -2.09. The van der Waals surface area contributed by atoms with Gasteiger partial charge < -0.3 is 0 Å². The van der Waals surface area contributed by atoms with Gasteiger partial charge in [-0.15, -0.1) is 0 Å². The number of sulfonamides is 1. The summed E-state index contributed by atoms with van der Waals surface area (Å²) >= 11 is 2.88. The molecule has 0 spiro atoms. The van der Waals surface area contributed by atoms with Gasteiger partial charge in [-0.05, 0) is 28.4 Å². The summed E-state index contributed by atoms with van der Waals surface area (Å²) in [6.07, 6.45) is -1.80. The molecule has 0 bridgehead atoms. The second-order valence-electron chi connectivity index (χ2n) is 2.82. The Kier molecular flexibility index (Phi) is 3.41. The molecule has 0 aliphatic carbocycles. The molecule has 0 aromatic carbocycles. The Balaban J connectivity index is 3.62. The molecule has 4 nitrogen and oxygen atoms in total. The highest BCUT2D eigenvalue weighted by Gasteiger charge is 2.25. The number of aromatic nitrogens is 1. The van der Waals surface area contributed by atoms with Crippen molar-refractivity contribution in [3.05, 3.63) is 21.8 Å². The van der Waals surface area contributed by atoms with Crippen LogP contribution in [0.15, 0.2) is 15.7 Å². The minimum absolute atomic E-state index is 0.0107. The number of nitrogens with zero attached hydrogens (tertiary/aromatic N) is 1. The van der Waals surface area contributed by atoms with Gasteiger partial charge in [-0.25, -0.2) is 27.3 Å². The molecular weight excluding hydrogens is 294 g/mol. The third kappa shape index (κ3) is 2.50. The first-order valence-electron chi connectivity index (χ1n) is 3.71. The number of rotatable bonds is 2. The molecule has 8 heteroatoms. The molecule has 0 radical (unpaired) electrons. The van der Waals surface area contributed by atoms with E-state index in [4.69, 9.17) is 5.14 Å². The highest BCUT2D eigenvalue weighted by atomic mass is 79.9. The summed E-state index contributed by atoms with van der Waals surface area (Å²) in [5, 5.41) is 3.97. The van der Waals surface area contributed by atoms with Crippen molar-refractivity contribution in [3.63, 3.8) is 0 Å². The molecule has 1 rings (SSSR count). The minimum atomic E-state index is -4.24. The smallest absolute Gasteiger partial charge is 0.243 e. The van der Waals surface area contributed by atoms with E-state index in [2.05, 4.69) is 20.9 Å². The third-order valence-electron chi connectivity index (χ3n) is 1.68. The first kappa shape index (κ1) is 12.5. The van der Waals surface area contributed by atoms with E-state index in [1.807, 2.05) is 0 Å². The molecule has 0 aliphatic heterocycles. The van der Waals surface area contributed by atoms with Crippen molar-refractivity contribution in [2.45, 2.75) is 18.4 Å². The Bertz CT molecular complexity index is 490. The maximum Gasteiger partial charge on any atom is 0.267 e. The number of hydrogen-bond donors (Lipinski definition) is 1.